The number of nitro groups is 1. The van der Waals surface area contributed by atoms with Crippen LogP contribution in [0.4, 0.5) is 5.69 Å². The fourth-order valence-corrected chi connectivity index (χ4v) is 9.18. The summed E-state index contributed by atoms with van der Waals surface area (Å²) in [7, 11) is -2.14. The van der Waals surface area contributed by atoms with Crippen molar-refractivity contribution in [2.45, 2.75) is 82.5 Å². The van der Waals surface area contributed by atoms with E-state index in [2.05, 4.69) is 33.9 Å². The van der Waals surface area contributed by atoms with Crippen LogP contribution in [0.1, 0.15) is 46.6 Å². The quantitative estimate of drug-likeness (QED) is 0.0761. The standard InChI is InChI=1S/C26H36N2O7S3Si/c1-9-18-24(31)38-25(37-18)20(23(30)34-14-16-10-12-17(13-11-16)28(32)33)27-21(29)19(22(27)36-6)15(2)35-39(7,8)26(3,4)5/h10-13,15,18-19,22H,9,14H2,1-8H3. The molecule has 1 amide bonds. The normalized spacial score (nSPS) is 23.9. The fraction of sp³-hybridized carbons (Fsp3) is 0.577. The Morgan fingerprint density at radius 2 is 1.85 bits per heavy atom. The first-order chi connectivity index (χ1) is 18.1. The Hall–Kier alpha value is -1.80. The number of hydrogen-bond acceptors (Lipinski definition) is 10. The number of rotatable bonds is 10. The van der Waals surface area contributed by atoms with E-state index in [4.69, 9.17) is 9.16 Å². The van der Waals surface area contributed by atoms with Crippen LogP contribution in [0.15, 0.2) is 34.2 Å². The van der Waals surface area contributed by atoms with Crippen LogP contribution in [0.25, 0.3) is 0 Å². The van der Waals surface area contributed by atoms with Gasteiger partial charge in [-0.25, -0.2) is 4.79 Å². The van der Waals surface area contributed by atoms with Crippen molar-refractivity contribution in [2.75, 3.05) is 6.26 Å². The average molecular weight is 613 g/mol. The highest BCUT2D eigenvalue weighted by atomic mass is 32.2. The SMILES string of the molecule is CCC1SC(=C(C(=O)OCc2ccc([N+](=O)[O-])cc2)N2C(=O)C(C(C)O[Si](C)(C)C(C)(C)C)C2SC)SC1=O. The third kappa shape index (κ3) is 6.75. The number of carbonyl (C=O) groups excluding carboxylic acids is 3. The van der Waals surface area contributed by atoms with Gasteiger partial charge in [0.25, 0.3) is 5.69 Å². The lowest BCUT2D eigenvalue weighted by atomic mass is 9.92. The lowest BCUT2D eigenvalue weighted by molar-refractivity contribution is -0.384. The highest BCUT2D eigenvalue weighted by Crippen LogP contribution is 2.50. The smallest absolute Gasteiger partial charge is 0.357 e. The van der Waals surface area contributed by atoms with Crippen LogP contribution in [0, 0.1) is 16.0 Å². The third-order valence-electron chi connectivity index (χ3n) is 7.34. The second kappa shape index (κ2) is 12.4. The molecule has 39 heavy (non-hydrogen) atoms. The molecule has 2 aliphatic heterocycles. The molecule has 2 aliphatic rings. The number of ether oxygens (including phenoxy) is 1. The summed E-state index contributed by atoms with van der Waals surface area (Å²) in [5.74, 6) is -1.39. The summed E-state index contributed by atoms with van der Waals surface area (Å²) >= 11 is 3.72. The maximum absolute atomic E-state index is 13.7. The Kier molecular flexibility index (Phi) is 10.1. The van der Waals surface area contributed by atoms with Crippen molar-refractivity contribution >= 4 is 66.3 Å². The molecule has 9 nitrogen and oxygen atoms in total. The van der Waals surface area contributed by atoms with E-state index in [1.165, 1.54) is 52.7 Å². The Bertz CT molecular complexity index is 1170. The molecule has 2 fully saturated rings. The Labute approximate surface area is 243 Å². The van der Waals surface area contributed by atoms with E-state index in [1.54, 1.807) is 0 Å². The van der Waals surface area contributed by atoms with Crippen LogP contribution in [0.3, 0.4) is 0 Å². The molecule has 1 aromatic carbocycles. The number of nitrogens with zero attached hydrogens (tertiary/aromatic N) is 2. The molecular weight excluding hydrogens is 577 g/mol. The first-order valence-electron chi connectivity index (χ1n) is 12.7. The Balaban J connectivity index is 1.87. The number of carbonyl (C=O) groups is 3. The number of nitro benzene ring substituents is 1. The molecular formula is C26H36N2O7S3Si. The van der Waals surface area contributed by atoms with Gasteiger partial charge in [0.15, 0.2) is 14.0 Å². The molecule has 0 bridgehead atoms. The summed E-state index contributed by atoms with van der Waals surface area (Å²) in [5, 5.41) is 10.2. The van der Waals surface area contributed by atoms with E-state index in [0.29, 0.717) is 16.2 Å². The topological polar surface area (TPSA) is 116 Å². The third-order valence-corrected chi connectivity index (χ3v) is 15.7. The number of benzene rings is 1. The van der Waals surface area contributed by atoms with Gasteiger partial charge in [-0.15, -0.1) is 23.5 Å². The molecule has 0 N–H and O–H groups in total. The molecule has 0 saturated carbocycles. The zero-order valence-corrected chi connectivity index (χ0v) is 27.0. The van der Waals surface area contributed by atoms with E-state index in [9.17, 15) is 24.5 Å². The molecule has 0 aromatic heterocycles. The molecule has 4 unspecified atom stereocenters. The van der Waals surface area contributed by atoms with Gasteiger partial charge in [0.2, 0.25) is 11.0 Å². The van der Waals surface area contributed by atoms with Crippen LogP contribution in [-0.2, 0) is 30.2 Å². The van der Waals surface area contributed by atoms with Gasteiger partial charge in [-0.05, 0) is 67.2 Å². The molecule has 1 aromatic rings. The van der Waals surface area contributed by atoms with Crippen molar-refractivity contribution in [1.82, 2.24) is 4.90 Å². The Morgan fingerprint density at radius 3 is 2.33 bits per heavy atom. The second-order valence-electron chi connectivity index (χ2n) is 11.0. The zero-order chi connectivity index (χ0) is 29.3. The minimum Gasteiger partial charge on any atom is -0.456 e. The van der Waals surface area contributed by atoms with Crippen molar-refractivity contribution in [3.05, 3.63) is 49.9 Å². The molecule has 214 valence electrons. The molecule has 0 radical (unpaired) electrons. The summed E-state index contributed by atoms with van der Waals surface area (Å²) in [6.45, 7) is 14.4. The van der Waals surface area contributed by atoms with Gasteiger partial charge in [0.05, 0.1) is 31.8 Å². The molecule has 13 heteroatoms. The van der Waals surface area contributed by atoms with Gasteiger partial charge in [-0.2, -0.15) is 0 Å². The number of β-lactam (4-membered cyclic amide) rings is 1. The zero-order valence-electron chi connectivity index (χ0n) is 23.5. The number of likely N-dealkylation sites (tertiary alicyclic amines) is 1. The van der Waals surface area contributed by atoms with Crippen LogP contribution in [0.5, 0.6) is 0 Å². The van der Waals surface area contributed by atoms with Crippen LogP contribution < -0.4 is 0 Å². The molecule has 3 rings (SSSR count). The van der Waals surface area contributed by atoms with E-state index >= 15 is 0 Å². The highest BCUT2D eigenvalue weighted by molar-refractivity contribution is 8.34. The summed E-state index contributed by atoms with van der Waals surface area (Å²) in [4.78, 5) is 51.6. The predicted molar refractivity (Wildman–Crippen MR) is 160 cm³/mol. The highest BCUT2D eigenvalue weighted by Gasteiger charge is 2.56. The molecule has 2 saturated heterocycles. The van der Waals surface area contributed by atoms with E-state index < -0.39 is 25.1 Å². The second-order valence-corrected chi connectivity index (χ2v) is 19.2. The maximum atomic E-state index is 13.7. The first-order valence-corrected chi connectivity index (χ1v) is 18.6. The van der Waals surface area contributed by atoms with Gasteiger partial charge in [-0.3, -0.25) is 24.6 Å². The van der Waals surface area contributed by atoms with E-state index in [-0.39, 0.29) is 50.8 Å². The van der Waals surface area contributed by atoms with E-state index in [1.807, 2.05) is 20.1 Å². The molecule has 0 aliphatic carbocycles. The van der Waals surface area contributed by atoms with Gasteiger partial charge < -0.3 is 9.16 Å². The largest absolute Gasteiger partial charge is 0.456 e. The van der Waals surface area contributed by atoms with Gasteiger partial charge >= 0.3 is 5.97 Å². The van der Waals surface area contributed by atoms with E-state index in [0.717, 1.165) is 11.8 Å². The van der Waals surface area contributed by atoms with Crippen LogP contribution >= 0.6 is 35.3 Å². The number of esters is 1. The van der Waals surface area contributed by atoms with Crippen LogP contribution in [0.2, 0.25) is 18.1 Å². The summed E-state index contributed by atoms with van der Waals surface area (Å²) in [6.07, 6.45) is 2.14. The lowest BCUT2D eigenvalue weighted by Gasteiger charge is -2.50. The maximum Gasteiger partial charge on any atom is 0.357 e. The van der Waals surface area contributed by atoms with Gasteiger partial charge in [-0.1, -0.05) is 27.7 Å². The van der Waals surface area contributed by atoms with Crippen molar-refractivity contribution in [3.8, 4) is 0 Å². The van der Waals surface area contributed by atoms with Gasteiger partial charge in [0, 0.05) is 12.1 Å². The van der Waals surface area contributed by atoms with Crippen molar-refractivity contribution in [3.63, 3.8) is 0 Å². The minimum absolute atomic E-state index is 0.0237. The fourth-order valence-electron chi connectivity index (χ4n) is 4.05. The first kappa shape index (κ1) is 31.7. The number of thioether (sulfide) groups is 3. The van der Waals surface area contributed by atoms with Crippen LogP contribution in [-0.4, -0.2) is 58.1 Å². The predicted octanol–water partition coefficient (Wildman–Crippen LogP) is 6.15. The summed E-state index contributed by atoms with van der Waals surface area (Å²) in [6, 6.07) is 5.71. The molecule has 2 heterocycles. The van der Waals surface area contributed by atoms with Gasteiger partial charge in [0.1, 0.15) is 6.61 Å². The van der Waals surface area contributed by atoms with Crippen molar-refractivity contribution < 1.29 is 28.5 Å². The van der Waals surface area contributed by atoms with Crippen molar-refractivity contribution in [1.29, 1.82) is 0 Å². The molecule has 0 spiro atoms. The number of amides is 1. The number of hydrogen-bond donors (Lipinski definition) is 0. The monoisotopic (exact) mass is 612 g/mol. The summed E-state index contributed by atoms with van der Waals surface area (Å²) in [5.41, 5.74) is 0.583. The Morgan fingerprint density at radius 1 is 1.23 bits per heavy atom. The lowest BCUT2D eigenvalue weighted by Crippen LogP contribution is -2.64. The molecule has 4 atom stereocenters. The average Bonchev–Trinajstić information content (AvgIpc) is 3.22. The van der Waals surface area contributed by atoms with Crippen molar-refractivity contribution in [2.24, 2.45) is 5.92 Å². The summed E-state index contributed by atoms with van der Waals surface area (Å²) < 4.78 is 12.6. The minimum atomic E-state index is -2.14. The number of non-ortho nitro benzene ring substituents is 1.